The van der Waals surface area contributed by atoms with Crippen LogP contribution in [-0.2, 0) is 92.1 Å². The molecule has 3 aromatic rings. The summed E-state index contributed by atoms with van der Waals surface area (Å²) >= 11 is 6.85. The standard InChI is InChI=1S/C93H138FN7O24S2/c1-60-15-11-10-12-16-61(2)78(112-8)56-71-22-18-65(6)93(111,125-71)88(107)90(109)101-31-14-13-17-74(101)91(110)123-79(57-75(102)62(3)52-64(5)86(105)87(106)85(104)63(4)51-60)73(95)53-67-19-24-77(80(54-67)113-9)124-92(126)98-29-34-115-37-39-117-41-43-119-45-47-121-49-48-120-46-44-118-42-40-116-38-36-114-33-28-83(103)97-30-50-127-81-26-23-72(66(7)84(81)94)89(108)100-32-35-122-76-25-20-68(55-70(76)59-100)69-21-27-82(96)99-58-69/h10-12,15-16,20-21,23,25-27,52,55,58,60,62-63,65,67,71,73-75,77-80,86-87,102,105-106,111H,13-14,17-19,22,24,28-51,53-54,56-57,59,95H2,1-9H3,(H2,96,99)(H,97,103)(H,98,126)/b12-10?,15-11+,61-16?,64-52+/t60-,62-,63-,65-,67?,71+,73-,74+,75-,77-,78+,79+,80-,86-,87+,93-/m1/s1. The third-order valence-electron chi connectivity index (χ3n) is 23.7. The average molecular weight is 1820 g/mol. The maximum absolute atomic E-state index is 15.7. The van der Waals surface area contributed by atoms with Gasteiger partial charge in [-0.15, -0.1) is 11.8 Å². The number of carbonyl (C=O) groups excluding carboxylic acids is 6. The average Bonchev–Trinajstić information content (AvgIpc) is 0.891. The molecule has 0 radical (unpaired) electrons. The molecule has 3 fully saturated rings. The van der Waals surface area contributed by atoms with Gasteiger partial charge in [-0.1, -0.05) is 70.2 Å². The number of nitrogens with zero attached hydrogens (tertiary/aromatic N) is 3. The maximum Gasteiger partial charge on any atom is 0.329 e. The molecule has 127 heavy (non-hydrogen) atoms. The number of allylic oxidation sites excluding steroid dienone is 5. The molecule has 2 aromatic carbocycles. The second-order valence-corrected chi connectivity index (χ2v) is 34.8. The van der Waals surface area contributed by atoms with Crippen LogP contribution in [0.25, 0.3) is 11.1 Å². The maximum atomic E-state index is 15.7. The lowest BCUT2D eigenvalue weighted by Gasteiger charge is -2.43. The molecule has 16 atom stereocenters. The van der Waals surface area contributed by atoms with E-state index < -0.39 is 114 Å². The van der Waals surface area contributed by atoms with Crippen LogP contribution in [-0.4, -0.2) is 301 Å². The number of fused-ring (bicyclic) bond motifs is 4. The number of cyclic esters (lactones) is 1. The summed E-state index contributed by atoms with van der Waals surface area (Å²) in [5.74, 6) is -7.73. The molecule has 0 spiro atoms. The fraction of sp³-hybridized carbons (Fsp3) is 0.656. The highest BCUT2D eigenvalue weighted by Gasteiger charge is 2.53. The van der Waals surface area contributed by atoms with Crippen molar-refractivity contribution in [2.45, 2.75) is 210 Å². The molecular formula is C93H138FN7O24S2. The van der Waals surface area contributed by atoms with Crippen LogP contribution in [0.4, 0.5) is 10.2 Å². The number of rotatable bonds is 39. The first-order chi connectivity index (χ1) is 61.1. The Bertz CT molecular complexity index is 4050. The summed E-state index contributed by atoms with van der Waals surface area (Å²) in [6.07, 6.45) is 9.66. The van der Waals surface area contributed by atoms with Crippen LogP contribution in [0.1, 0.15) is 146 Å². The molecule has 1 aliphatic carbocycles. The van der Waals surface area contributed by atoms with Gasteiger partial charge >= 0.3 is 5.97 Å². The summed E-state index contributed by atoms with van der Waals surface area (Å²) < 4.78 is 97.1. The molecule has 31 nitrogen and oxygen atoms in total. The lowest BCUT2D eigenvalue weighted by atomic mass is 9.80. The molecule has 1 unspecified atom stereocenters. The number of amides is 3. The zero-order valence-electron chi connectivity index (χ0n) is 75.3. The zero-order valence-corrected chi connectivity index (χ0v) is 77.0. The zero-order chi connectivity index (χ0) is 91.8. The summed E-state index contributed by atoms with van der Waals surface area (Å²) in [7, 11) is 3.14. The number of halogens is 1. The van der Waals surface area contributed by atoms with Crippen molar-refractivity contribution in [2.75, 3.05) is 164 Å². The van der Waals surface area contributed by atoms with Gasteiger partial charge in [-0.2, -0.15) is 0 Å². The molecule has 5 heterocycles. The van der Waals surface area contributed by atoms with Gasteiger partial charge in [0.25, 0.3) is 22.8 Å². The van der Waals surface area contributed by atoms with Gasteiger partial charge in [0.1, 0.15) is 54.4 Å². The number of benzene rings is 2. The summed E-state index contributed by atoms with van der Waals surface area (Å²) in [5.41, 5.74) is 17.1. The second kappa shape index (κ2) is 55.8. The highest BCUT2D eigenvalue weighted by Crippen LogP contribution is 2.39. The highest BCUT2D eigenvalue weighted by molar-refractivity contribution is 7.99. The molecule has 3 amide bonds. The number of nitrogens with one attached hydrogen (secondary N) is 2. The summed E-state index contributed by atoms with van der Waals surface area (Å²) in [6, 6.07) is 10.6. The van der Waals surface area contributed by atoms with Gasteiger partial charge in [-0.3, -0.25) is 24.0 Å². The Morgan fingerprint density at radius 2 is 1.36 bits per heavy atom. The van der Waals surface area contributed by atoms with Gasteiger partial charge in [0.15, 0.2) is 5.78 Å². The molecule has 1 aromatic heterocycles. The van der Waals surface area contributed by atoms with Crippen molar-refractivity contribution in [1.82, 2.24) is 25.4 Å². The van der Waals surface area contributed by atoms with Crippen molar-refractivity contribution >= 4 is 70.2 Å². The Morgan fingerprint density at radius 3 is 2.01 bits per heavy atom. The molecular weight excluding hydrogens is 1680 g/mol. The van der Waals surface area contributed by atoms with E-state index in [-0.39, 0.29) is 84.4 Å². The number of carbonyl (C=O) groups is 6. The van der Waals surface area contributed by atoms with Crippen LogP contribution in [0.5, 0.6) is 5.75 Å². The SMILES string of the molecule is CO[C@H]1C[C@@H]2CC[C@@H](C)[C@@](O)(O2)C(=O)C(=O)N2CCCC[C@H]2C(=O)O[C@H]([C@H](N)CC2CC[C@@H](OC(=S)NCCOCCOCCOCCOCCOCCOCCOCCOCCC(=O)NCCSc3ccc(C(=O)N4CCOc5ccc(-c6ccc(N)nc6)cc5C4)c(C)c3F)[C@H](OC)C2)C[C@@H](O)[C@H](C)/C=C(\C)[C@@H](O)[C@@H](O)C(=O)[C@H](C)C[C@H](C)/C=C/C=CC=C1C. The van der Waals surface area contributed by atoms with E-state index in [1.807, 2.05) is 68.5 Å². The number of pyridine rings is 1. The Morgan fingerprint density at radius 1 is 0.709 bits per heavy atom. The number of thiocarbonyl (C=S) groups is 1. The third kappa shape index (κ3) is 34.1. The number of ketones is 2. The topological polar surface area (TPSA) is 408 Å². The van der Waals surface area contributed by atoms with Gasteiger partial charge in [0, 0.05) is 117 Å². The van der Waals surface area contributed by atoms with Crippen LogP contribution < -0.4 is 26.8 Å². The van der Waals surface area contributed by atoms with Crippen LogP contribution in [0.2, 0.25) is 0 Å². The van der Waals surface area contributed by atoms with Crippen molar-refractivity contribution in [1.29, 1.82) is 0 Å². The molecule has 4 aliphatic heterocycles. The fourth-order valence-corrected chi connectivity index (χ4v) is 17.2. The largest absolute Gasteiger partial charge is 0.491 e. The van der Waals surface area contributed by atoms with E-state index in [2.05, 4.69) is 15.6 Å². The molecule has 2 saturated heterocycles. The van der Waals surface area contributed by atoms with E-state index in [9.17, 15) is 49.2 Å². The number of aliphatic hydroxyl groups is 4. The first-order valence-corrected chi connectivity index (χ1v) is 46.1. The lowest BCUT2D eigenvalue weighted by Crippen LogP contribution is -2.61. The predicted octanol–water partition coefficient (Wildman–Crippen LogP) is 8.47. The normalized spacial score (nSPS) is 26.8. The number of esters is 1. The van der Waals surface area contributed by atoms with Crippen molar-refractivity contribution in [3.8, 4) is 16.9 Å². The van der Waals surface area contributed by atoms with Crippen molar-refractivity contribution in [2.24, 2.45) is 35.3 Å². The number of thioether (sulfide) groups is 1. The number of ether oxygens (including phenoxy) is 14. The molecule has 8 rings (SSSR count). The number of anilines is 1. The number of aliphatic hydroxyl groups excluding tert-OH is 3. The van der Waals surface area contributed by atoms with Gasteiger partial charge in [0.2, 0.25) is 11.7 Å². The van der Waals surface area contributed by atoms with E-state index in [0.29, 0.717) is 212 Å². The minimum atomic E-state index is -2.49. The molecule has 2 bridgehead atoms. The number of nitrogen functional groups attached to an aromatic ring is 1. The van der Waals surface area contributed by atoms with Crippen LogP contribution >= 0.6 is 24.0 Å². The van der Waals surface area contributed by atoms with Crippen LogP contribution in [0.3, 0.4) is 0 Å². The van der Waals surface area contributed by atoms with Gasteiger partial charge in [-0.25, -0.2) is 14.2 Å². The predicted molar refractivity (Wildman–Crippen MR) is 480 cm³/mol. The number of aromatic nitrogens is 1. The molecule has 34 heteroatoms. The quantitative estimate of drug-likeness (QED) is 0.00662. The summed E-state index contributed by atoms with van der Waals surface area (Å²) in [6.45, 7) is 19.5. The van der Waals surface area contributed by atoms with Crippen LogP contribution in [0.15, 0.2) is 101 Å². The monoisotopic (exact) mass is 1820 g/mol. The molecule has 708 valence electrons. The number of hydrogen-bond donors (Lipinski definition) is 8. The number of piperidine rings is 1. The minimum absolute atomic E-state index is 0.0272. The Kier molecular flexibility index (Phi) is 46.1. The summed E-state index contributed by atoms with van der Waals surface area (Å²) in [5, 5.41) is 52.7. The van der Waals surface area contributed by atoms with Crippen molar-refractivity contribution in [3.05, 3.63) is 119 Å². The smallest absolute Gasteiger partial charge is 0.329 e. The number of methoxy groups -OCH3 is 2. The van der Waals surface area contributed by atoms with E-state index >= 15 is 4.39 Å². The number of Topliss-reactive ketones (excluding diaryl/α,β-unsaturated/α-hetero) is 2. The van der Waals surface area contributed by atoms with E-state index in [1.165, 1.54) is 11.8 Å². The van der Waals surface area contributed by atoms with Gasteiger partial charge < -0.3 is 119 Å². The lowest BCUT2D eigenvalue weighted by molar-refractivity contribution is -0.265. The fourth-order valence-electron chi connectivity index (χ4n) is 16.1. The van der Waals surface area contributed by atoms with Crippen LogP contribution in [0, 0.1) is 42.3 Å². The minimum Gasteiger partial charge on any atom is -0.491 e. The van der Waals surface area contributed by atoms with E-state index in [1.54, 1.807) is 84.2 Å². The first-order valence-electron chi connectivity index (χ1n) is 44.7. The molecule has 1 saturated carbocycles. The Labute approximate surface area is 756 Å². The third-order valence-corrected chi connectivity index (χ3v) is 25.0. The Hall–Kier alpha value is -7.30. The highest BCUT2D eigenvalue weighted by atomic mass is 32.2. The number of nitrogens with two attached hydrogens (primary N) is 2. The molecule has 5 aliphatic rings. The first kappa shape index (κ1) is 105. The Balaban J connectivity index is 0.636. The van der Waals surface area contributed by atoms with Gasteiger partial charge in [-0.05, 0) is 168 Å². The summed E-state index contributed by atoms with van der Waals surface area (Å²) in [4.78, 5) is 90.8. The molecule has 10 N–H and O–H groups in total. The van der Waals surface area contributed by atoms with Crippen molar-refractivity contribution in [3.63, 3.8) is 0 Å². The van der Waals surface area contributed by atoms with Crippen molar-refractivity contribution < 1.29 is 120 Å². The van der Waals surface area contributed by atoms with E-state index in [0.717, 1.165) is 27.2 Å². The van der Waals surface area contributed by atoms with Gasteiger partial charge in [0.05, 0.1) is 137 Å². The van der Waals surface area contributed by atoms with E-state index in [4.69, 9.17) is 90.0 Å². The second-order valence-electron chi connectivity index (χ2n) is 33.3. The number of hydrogen-bond acceptors (Lipinski definition) is 29.